The number of hydrogen-bond acceptors (Lipinski definition) is 7. The minimum Gasteiger partial charge on any atom is -0.469 e. The molecule has 0 heterocycles. The number of esters is 2. The summed E-state index contributed by atoms with van der Waals surface area (Å²) in [5.41, 5.74) is -0.926. The van der Waals surface area contributed by atoms with Crippen molar-refractivity contribution in [1.82, 2.24) is 0 Å². The van der Waals surface area contributed by atoms with E-state index >= 15 is 0 Å². The van der Waals surface area contributed by atoms with Gasteiger partial charge in [0.1, 0.15) is 6.29 Å². The monoisotopic (exact) mass is 466 g/mol. The lowest BCUT2D eigenvalue weighted by Gasteiger charge is -2.46. The Morgan fingerprint density at radius 2 is 1.69 bits per heavy atom. The first-order valence-electron chi connectivity index (χ1n) is 10.8. The number of methoxy groups -OCH3 is 1. The van der Waals surface area contributed by atoms with Crippen molar-refractivity contribution in [3.05, 3.63) is 35.9 Å². The molecule has 0 aliphatic carbocycles. The molecule has 32 heavy (non-hydrogen) atoms. The van der Waals surface area contributed by atoms with Crippen LogP contribution in [0, 0.1) is 5.92 Å². The minimum absolute atomic E-state index is 0.114. The van der Waals surface area contributed by atoms with Crippen molar-refractivity contribution < 1.29 is 33.0 Å². The van der Waals surface area contributed by atoms with E-state index in [-0.39, 0.29) is 18.3 Å². The van der Waals surface area contributed by atoms with Crippen molar-refractivity contribution in [2.24, 2.45) is 5.92 Å². The Kier molecular flexibility index (Phi) is 10.3. The number of benzene rings is 1. The highest BCUT2D eigenvalue weighted by Gasteiger charge is 2.56. The molecule has 0 unspecified atom stereocenters. The van der Waals surface area contributed by atoms with Gasteiger partial charge in [0, 0.05) is 0 Å². The molecule has 1 rings (SSSR count). The first-order chi connectivity index (χ1) is 14.8. The van der Waals surface area contributed by atoms with E-state index in [1.165, 1.54) is 7.11 Å². The number of carbonyl (C=O) groups excluding carboxylic acids is 3. The SMILES string of the molecule is COC(=O)C[C@@](O[Si](C)(C)C(C)(C)C)(C(=O)OC(C)C)[C@H](C=O)COCc1ccccc1. The fourth-order valence-electron chi connectivity index (χ4n) is 2.88. The zero-order valence-corrected chi connectivity index (χ0v) is 21.6. The normalized spacial score (nSPS) is 15.0. The van der Waals surface area contributed by atoms with E-state index in [1.807, 2.05) is 64.2 Å². The third-order valence-corrected chi connectivity index (χ3v) is 10.2. The predicted molar refractivity (Wildman–Crippen MR) is 125 cm³/mol. The van der Waals surface area contributed by atoms with E-state index in [2.05, 4.69) is 0 Å². The molecule has 0 bridgehead atoms. The molecule has 0 saturated carbocycles. The molecule has 0 aromatic heterocycles. The van der Waals surface area contributed by atoms with Gasteiger partial charge in [-0.15, -0.1) is 0 Å². The number of hydrogen-bond donors (Lipinski definition) is 0. The Labute approximate surface area is 192 Å². The highest BCUT2D eigenvalue weighted by atomic mass is 28.4. The summed E-state index contributed by atoms with van der Waals surface area (Å²) in [7, 11) is -1.41. The van der Waals surface area contributed by atoms with Gasteiger partial charge in [-0.05, 0) is 37.5 Å². The first-order valence-corrected chi connectivity index (χ1v) is 13.7. The second-order valence-electron chi connectivity index (χ2n) is 9.70. The zero-order chi connectivity index (χ0) is 24.6. The molecule has 0 N–H and O–H groups in total. The van der Waals surface area contributed by atoms with Crippen LogP contribution in [0.15, 0.2) is 30.3 Å². The average Bonchev–Trinajstić information content (AvgIpc) is 2.69. The number of carbonyl (C=O) groups is 3. The van der Waals surface area contributed by atoms with Gasteiger partial charge < -0.3 is 23.4 Å². The van der Waals surface area contributed by atoms with Crippen LogP contribution in [0.5, 0.6) is 0 Å². The van der Waals surface area contributed by atoms with E-state index in [9.17, 15) is 14.4 Å². The largest absolute Gasteiger partial charge is 0.469 e. The maximum atomic E-state index is 13.4. The van der Waals surface area contributed by atoms with E-state index in [0.29, 0.717) is 6.29 Å². The molecule has 0 aliphatic heterocycles. The van der Waals surface area contributed by atoms with Gasteiger partial charge in [-0.1, -0.05) is 51.1 Å². The van der Waals surface area contributed by atoms with Crippen molar-refractivity contribution in [2.45, 2.75) is 77.5 Å². The minimum atomic E-state index is -2.64. The third-order valence-electron chi connectivity index (χ3n) is 5.74. The molecule has 0 fully saturated rings. The van der Waals surface area contributed by atoms with Gasteiger partial charge in [-0.3, -0.25) is 4.79 Å². The van der Waals surface area contributed by atoms with Crippen LogP contribution in [0.4, 0.5) is 0 Å². The average molecular weight is 467 g/mol. The zero-order valence-electron chi connectivity index (χ0n) is 20.6. The van der Waals surface area contributed by atoms with Crippen molar-refractivity contribution in [3.63, 3.8) is 0 Å². The lowest BCUT2D eigenvalue weighted by atomic mass is 9.85. The smallest absolute Gasteiger partial charge is 0.338 e. The van der Waals surface area contributed by atoms with E-state index in [1.54, 1.807) is 13.8 Å². The Balaban J connectivity index is 3.39. The molecule has 0 amide bonds. The maximum Gasteiger partial charge on any atom is 0.338 e. The van der Waals surface area contributed by atoms with Gasteiger partial charge >= 0.3 is 11.9 Å². The predicted octanol–water partition coefficient (Wildman–Crippen LogP) is 4.29. The summed E-state index contributed by atoms with van der Waals surface area (Å²) in [6.07, 6.45) is -0.289. The molecule has 7 nitrogen and oxygen atoms in total. The fraction of sp³-hybridized carbons (Fsp3) is 0.625. The van der Waals surface area contributed by atoms with Crippen LogP contribution in [0.3, 0.4) is 0 Å². The molecule has 8 heteroatoms. The van der Waals surface area contributed by atoms with Gasteiger partial charge in [0.25, 0.3) is 0 Å². The topological polar surface area (TPSA) is 88.1 Å². The maximum absolute atomic E-state index is 13.4. The Hall–Kier alpha value is -2.03. The molecule has 0 radical (unpaired) electrons. The number of ether oxygens (including phenoxy) is 3. The summed E-state index contributed by atoms with van der Waals surface area (Å²) in [5, 5.41) is -0.287. The molecule has 1 aromatic rings. The van der Waals surface area contributed by atoms with Crippen molar-refractivity contribution in [3.8, 4) is 0 Å². The van der Waals surface area contributed by atoms with Crippen molar-refractivity contribution >= 4 is 26.5 Å². The molecule has 0 saturated heterocycles. The molecule has 1 aromatic carbocycles. The highest BCUT2D eigenvalue weighted by molar-refractivity contribution is 6.74. The second-order valence-corrected chi connectivity index (χ2v) is 14.4. The Morgan fingerprint density at radius 3 is 2.16 bits per heavy atom. The number of aldehydes is 1. The molecule has 180 valence electrons. The van der Waals surface area contributed by atoms with Crippen LogP contribution in [0.25, 0.3) is 0 Å². The van der Waals surface area contributed by atoms with Gasteiger partial charge in [0.2, 0.25) is 0 Å². The summed E-state index contributed by atoms with van der Waals surface area (Å²) in [6.45, 7) is 13.5. The second kappa shape index (κ2) is 11.7. The fourth-order valence-corrected chi connectivity index (χ4v) is 4.40. The van der Waals surface area contributed by atoms with E-state index < -0.39 is 44.3 Å². The van der Waals surface area contributed by atoms with Crippen LogP contribution in [-0.4, -0.2) is 52.0 Å². The lowest BCUT2D eigenvalue weighted by molar-refractivity contribution is -0.182. The molecule has 0 spiro atoms. The standard InChI is InChI=1S/C24H38O7Si/c1-18(2)30-22(27)24(14-21(26)28-6,31-32(7,8)23(3,4)5)20(15-25)17-29-16-19-12-10-9-11-13-19/h9-13,15,18,20H,14,16-17H2,1-8H3/t20-,24+/m1/s1. The van der Waals surface area contributed by atoms with Gasteiger partial charge in [-0.25, -0.2) is 4.79 Å². The summed E-state index contributed by atoms with van der Waals surface area (Å²) in [5.74, 6) is -2.49. The highest BCUT2D eigenvalue weighted by Crippen LogP contribution is 2.42. The summed E-state index contributed by atoms with van der Waals surface area (Å²) >= 11 is 0. The van der Waals surface area contributed by atoms with Gasteiger partial charge in [-0.2, -0.15) is 0 Å². The Bertz CT molecular complexity index is 755. The van der Waals surface area contributed by atoms with Crippen LogP contribution in [-0.2, 0) is 39.6 Å². The summed E-state index contributed by atoms with van der Waals surface area (Å²) in [6, 6.07) is 9.47. The van der Waals surface area contributed by atoms with Crippen LogP contribution >= 0.6 is 0 Å². The lowest BCUT2D eigenvalue weighted by Crippen LogP contribution is -2.60. The van der Waals surface area contributed by atoms with Crippen molar-refractivity contribution in [1.29, 1.82) is 0 Å². The summed E-state index contributed by atoms with van der Waals surface area (Å²) in [4.78, 5) is 38.1. The molecular weight excluding hydrogens is 428 g/mol. The van der Waals surface area contributed by atoms with Crippen molar-refractivity contribution in [2.75, 3.05) is 13.7 Å². The number of rotatable bonds is 12. The summed E-state index contributed by atoms with van der Waals surface area (Å²) < 4.78 is 22.7. The Morgan fingerprint density at radius 1 is 1.09 bits per heavy atom. The molecule has 0 aliphatic rings. The van der Waals surface area contributed by atoms with Crippen LogP contribution in [0.1, 0.15) is 46.6 Å². The first kappa shape index (κ1) is 28.0. The van der Waals surface area contributed by atoms with Crippen LogP contribution < -0.4 is 0 Å². The third kappa shape index (κ3) is 7.53. The van der Waals surface area contributed by atoms with Gasteiger partial charge in [0.15, 0.2) is 13.9 Å². The van der Waals surface area contributed by atoms with Crippen LogP contribution in [0.2, 0.25) is 18.1 Å². The molecule has 2 atom stereocenters. The van der Waals surface area contributed by atoms with E-state index in [0.717, 1.165) is 5.56 Å². The molecular formula is C24H38O7Si. The quantitative estimate of drug-likeness (QED) is 0.258. The van der Waals surface area contributed by atoms with Gasteiger partial charge in [0.05, 0.1) is 38.8 Å². The van der Waals surface area contributed by atoms with E-state index in [4.69, 9.17) is 18.6 Å².